The van der Waals surface area contributed by atoms with E-state index >= 15 is 0 Å². The van der Waals surface area contributed by atoms with Crippen LogP contribution >= 0.6 is 12.4 Å². The Balaban J connectivity index is 0.00000264. The molecule has 5 nitrogen and oxygen atoms in total. The van der Waals surface area contributed by atoms with Crippen LogP contribution in [-0.2, 0) is 11.3 Å². The number of rotatable bonds is 6. The number of carbonyl (C=O) groups excluding carboxylic acids is 1. The molecule has 1 unspecified atom stereocenters. The van der Waals surface area contributed by atoms with E-state index < -0.39 is 0 Å². The van der Waals surface area contributed by atoms with Gasteiger partial charge in [0.25, 0.3) is 0 Å². The van der Waals surface area contributed by atoms with Crippen LogP contribution in [0.2, 0.25) is 0 Å². The Morgan fingerprint density at radius 1 is 1.43 bits per heavy atom. The fourth-order valence-electron chi connectivity index (χ4n) is 2.92. The zero-order chi connectivity index (χ0) is 16.2. The number of hydrogen-bond acceptors (Lipinski definition) is 4. The topological polar surface area (TPSA) is 58.8 Å². The van der Waals surface area contributed by atoms with Crippen LogP contribution in [0, 0.1) is 5.41 Å². The Morgan fingerprint density at radius 2 is 2.13 bits per heavy atom. The second kappa shape index (κ2) is 8.52. The maximum atomic E-state index is 12.4. The van der Waals surface area contributed by atoms with Crippen LogP contribution in [0.4, 0.5) is 0 Å². The molecular weight excluding hydrogens is 314 g/mol. The largest absolute Gasteiger partial charge is 0.496 e. The average molecular weight is 342 g/mol. The van der Waals surface area contributed by atoms with Gasteiger partial charge >= 0.3 is 0 Å². The quantitative estimate of drug-likeness (QED) is 0.856. The van der Waals surface area contributed by atoms with Crippen LogP contribution < -0.4 is 10.5 Å². The molecule has 1 aliphatic rings. The lowest BCUT2D eigenvalue weighted by Gasteiger charge is -2.24. The number of hydrogen-bond donors (Lipinski definition) is 1. The predicted molar refractivity (Wildman–Crippen MR) is 94.9 cm³/mol. The van der Waals surface area contributed by atoms with Crippen LogP contribution in [0.3, 0.4) is 0 Å². The summed E-state index contributed by atoms with van der Waals surface area (Å²) in [5, 5.41) is 0. The van der Waals surface area contributed by atoms with Crippen LogP contribution in [-0.4, -0.2) is 56.0 Å². The van der Waals surface area contributed by atoms with Gasteiger partial charge in [-0.2, -0.15) is 0 Å². The van der Waals surface area contributed by atoms with E-state index in [1.165, 1.54) is 0 Å². The summed E-state index contributed by atoms with van der Waals surface area (Å²) < 4.78 is 5.34. The van der Waals surface area contributed by atoms with Gasteiger partial charge in [-0.1, -0.05) is 25.1 Å². The van der Waals surface area contributed by atoms with Crippen LogP contribution in [0.1, 0.15) is 18.9 Å². The zero-order valence-electron chi connectivity index (χ0n) is 14.2. The van der Waals surface area contributed by atoms with Gasteiger partial charge in [0.2, 0.25) is 5.91 Å². The van der Waals surface area contributed by atoms with Crippen LogP contribution in [0.5, 0.6) is 5.75 Å². The molecule has 0 saturated carbocycles. The van der Waals surface area contributed by atoms with Crippen molar-refractivity contribution in [2.45, 2.75) is 19.9 Å². The maximum absolute atomic E-state index is 12.4. The van der Waals surface area contributed by atoms with E-state index in [9.17, 15) is 4.79 Å². The van der Waals surface area contributed by atoms with Crippen LogP contribution in [0.25, 0.3) is 0 Å². The SMILES string of the molecule is COc1ccccc1CN(C)C(=O)CN1CCC(C)(CN)C1.Cl. The van der Waals surface area contributed by atoms with E-state index in [2.05, 4.69) is 11.8 Å². The Kier molecular flexibility index (Phi) is 7.32. The minimum absolute atomic E-state index is 0. The standard InChI is InChI=1S/C17H27N3O2.ClH/c1-17(12-18)8-9-20(13-17)11-16(21)19(2)10-14-6-4-5-7-15(14)22-3;/h4-7H,8-13,18H2,1-3H3;1H. The molecule has 0 bridgehead atoms. The third kappa shape index (κ3) is 5.09. The number of nitrogens with two attached hydrogens (primary N) is 1. The Morgan fingerprint density at radius 3 is 2.74 bits per heavy atom. The van der Waals surface area contributed by atoms with Gasteiger partial charge in [0.05, 0.1) is 13.7 Å². The van der Waals surface area contributed by atoms with Gasteiger partial charge in [-0.15, -0.1) is 12.4 Å². The van der Waals surface area contributed by atoms with Crippen molar-refractivity contribution in [1.29, 1.82) is 0 Å². The Labute approximate surface area is 145 Å². The fraction of sp³-hybridized carbons (Fsp3) is 0.588. The predicted octanol–water partition coefficient (Wildman–Crippen LogP) is 1.75. The van der Waals surface area contributed by atoms with Gasteiger partial charge in [-0.3, -0.25) is 9.69 Å². The highest BCUT2D eigenvalue weighted by atomic mass is 35.5. The summed E-state index contributed by atoms with van der Waals surface area (Å²) in [5.74, 6) is 0.950. The molecule has 1 atom stereocenters. The van der Waals surface area contributed by atoms with Crippen molar-refractivity contribution in [3.05, 3.63) is 29.8 Å². The molecule has 0 aromatic heterocycles. The van der Waals surface area contributed by atoms with Gasteiger partial charge in [-0.25, -0.2) is 0 Å². The first kappa shape index (κ1) is 19.7. The van der Waals surface area contributed by atoms with Gasteiger partial charge < -0.3 is 15.4 Å². The van der Waals surface area contributed by atoms with Gasteiger partial charge in [-0.05, 0) is 31.0 Å². The zero-order valence-corrected chi connectivity index (χ0v) is 15.1. The summed E-state index contributed by atoms with van der Waals surface area (Å²) in [6.07, 6.45) is 1.06. The van der Waals surface area contributed by atoms with Crippen molar-refractivity contribution in [1.82, 2.24) is 9.80 Å². The molecule has 2 N–H and O–H groups in total. The van der Waals surface area contributed by atoms with Crippen molar-refractivity contribution >= 4 is 18.3 Å². The fourth-order valence-corrected chi connectivity index (χ4v) is 2.92. The normalized spacial score (nSPS) is 20.9. The number of likely N-dealkylation sites (N-methyl/N-ethyl adjacent to an activating group) is 1. The lowest BCUT2D eigenvalue weighted by atomic mass is 9.90. The van der Waals surface area contributed by atoms with Crippen molar-refractivity contribution in [3.8, 4) is 5.75 Å². The summed E-state index contributed by atoms with van der Waals surface area (Å²) >= 11 is 0. The molecule has 1 aromatic carbocycles. The number of benzene rings is 1. The molecule has 1 amide bonds. The summed E-state index contributed by atoms with van der Waals surface area (Å²) in [6, 6.07) is 7.80. The van der Waals surface area contributed by atoms with Gasteiger partial charge in [0, 0.05) is 25.7 Å². The Bertz CT molecular complexity index is 526. The second-order valence-electron chi connectivity index (χ2n) is 6.54. The first-order valence-electron chi connectivity index (χ1n) is 7.76. The second-order valence-corrected chi connectivity index (χ2v) is 6.54. The molecule has 0 aliphatic carbocycles. The third-order valence-corrected chi connectivity index (χ3v) is 4.51. The minimum Gasteiger partial charge on any atom is -0.496 e. The van der Waals surface area contributed by atoms with E-state index in [1.807, 2.05) is 31.3 Å². The molecule has 23 heavy (non-hydrogen) atoms. The molecule has 1 heterocycles. The summed E-state index contributed by atoms with van der Waals surface area (Å²) in [6.45, 7) is 5.73. The molecular formula is C17H28ClN3O2. The monoisotopic (exact) mass is 341 g/mol. The third-order valence-electron chi connectivity index (χ3n) is 4.51. The lowest BCUT2D eigenvalue weighted by molar-refractivity contribution is -0.131. The summed E-state index contributed by atoms with van der Waals surface area (Å²) in [5.41, 5.74) is 7.00. The number of para-hydroxylation sites is 1. The average Bonchev–Trinajstić information content (AvgIpc) is 2.89. The molecule has 1 aromatic rings. The van der Waals surface area contributed by atoms with Crippen molar-refractivity contribution in [3.63, 3.8) is 0 Å². The molecule has 0 radical (unpaired) electrons. The molecule has 0 spiro atoms. The highest BCUT2D eigenvalue weighted by Gasteiger charge is 2.33. The highest BCUT2D eigenvalue weighted by Crippen LogP contribution is 2.28. The number of amides is 1. The number of carbonyl (C=O) groups is 1. The molecule has 1 saturated heterocycles. The minimum atomic E-state index is 0. The van der Waals surface area contributed by atoms with E-state index in [-0.39, 0.29) is 23.7 Å². The van der Waals surface area contributed by atoms with Gasteiger partial charge in [0.1, 0.15) is 5.75 Å². The summed E-state index contributed by atoms with van der Waals surface area (Å²) in [7, 11) is 3.49. The van der Waals surface area contributed by atoms with E-state index in [4.69, 9.17) is 10.5 Å². The smallest absolute Gasteiger partial charge is 0.236 e. The van der Waals surface area contributed by atoms with E-state index in [1.54, 1.807) is 12.0 Å². The van der Waals surface area contributed by atoms with Crippen molar-refractivity contribution in [2.24, 2.45) is 11.1 Å². The molecule has 1 fully saturated rings. The highest BCUT2D eigenvalue weighted by molar-refractivity contribution is 5.85. The summed E-state index contributed by atoms with van der Waals surface area (Å²) in [4.78, 5) is 16.4. The van der Waals surface area contributed by atoms with Crippen molar-refractivity contribution in [2.75, 3.05) is 40.3 Å². The maximum Gasteiger partial charge on any atom is 0.236 e. The molecule has 6 heteroatoms. The number of nitrogens with zero attached hydrogens (tertiary/aromatic N) is 2. The van der Waals surface area contributed by atoms with E-state index in [0.717, 1.165) is 30.8 Å². The Hall–Kier alpha value is -1.30. The molecule has 130 valence electrons. The number of halogens is 1. The van der Waals surface area contributed by atoms with Gasteiger partial charge in [0.15, 0.2) is 0 Å². The lowest BCUT2D eigenvalue weighted by Crippen LogP contribution is -2.39. The number of likely N-dealkylation sites (tertiary alicyclic amines) is 1. The number of ether oxygens (including phenoxy) is 1. The molecule has 1 aliphatic heterocycles. The van der Waals surface area contributed by atoms with E-state index in [0.29, 0.717) is 19.6 Å². The first-order valence-corrected chi connectivity index (χ1v) is 7.76. The molecule has 2 rings (SSSR count). The first-order chi connectivity index (χ1) is 10.5. The van der Waals surface area contributed by atoms with Crippen molar-refractivity contribution < 1.29 is 9.53 Å². The van der Waals surface area contributed by atoms with Crippen LogP contribution in [0.15, 0.2) is 24.3 Å². The number of methoxy groups -OCH3 is 1.